The monoisotopic (exact) mass is 288 g/mol. The van der Waals surface area contributed by atoms with Crippen molar-refractivity contribution >= 4 is 34.5 Å². The van der Waals surface area contributed by atoms with Crippen LogP contribution < -0.4 is 4.74 Å². The largest absolute Gasteiger partial charge is 0.496 e. The zero-order chi connectivity index (χ0) is 12.4. The van der Waals surface area contributed by atoms with Gasteiger partial charge >= 0.3 is 0 Å². The fourth-order valence-electron chi connectivity index (χ4n) is 1.58. The summed E-state index contributed by atoms with van der Waals surface area (Å²) < 4.78 is 5.83. The molecule has 0 saturated heterocycles. The van der Waals surface area contributed by atoms with Crippen LogP contribution in [0.15, 0.2) is 30.3 Å². The van der Waals surface area contributed by atoms with Crippen LogP contribution >= 0.6 is 34.5 Å². The van der Waals surface area contributed by atoms with Crippen LogP contribution in [0.3, 0.4) is 0 Å². The van der Waals surface area contributed by atoms with Crippen LogP contribution in [0.5, 0.6) is 5.75 Å². The molecule has 2 rings (SSSR count). The van der Waals surface area contributed by atoms with Crippen molar-refractivity contribution in [3.8, 4) is 5.75 Å². The number of hydrogen-bond acceptors (Lipinski definition) is 3. The quantitative estimate of drug-likeness (QED) is 0.920. The maximum Gasteiger partial charge on any atom is 0.126 e. The lowest BCUT2D eigenvalue weighted by Crippen LogP contribution is -2.01. The van der Waals surface area contributed by atoms with Crippen molar-refractivity contribution in [2.75, 3.05) is 7.11 Å². The van der Waals surface area contributed by atoms with Crippen molar-refractivity contribution in [1.82, 2.24) is 0 Å². The second kappa shape index (κ2) is 5.27. The Balaban J connectivity index is 2.46. The molecule has 0 aliphatic rings. The van der Waals surface area contributed by atoms with Crippen LogP contribution in [-0.4, -0.2) is 12.2 Å². The molecule has 17 heavy (non-hydrogen) atoms. The molecule has 0 aliphatic heterocycles. The molecule has 0 radical (unpaired) electrons. The smallest absolute Gasteiger partial charge is 0.126 e. The lowest BCUT2D eigenvalue weighted by atomic mass is 10.1. The Morgan fingerprint density at radius 2 is 2.00 bits per heavy atom. The second-order valence-electron chi connectivity index (χ2n) is 3.40. The summed E-state index contributed by atoms with van der Waals surface area (Å²) in [4.78, 5) is 0.737. The van der Waals surface area contributed by atoms with Crippen LogP contribution in [0.1, 0.15) is 16.5 Å². The predicted molar refractivity (Wildman–Crippen MR) is 71.4 cm³/mol. The average molecular weight is 289 g/mol. The molecule has 90 valence electrons. The molecule has 2 nitrogen and oxygen atoms in total. The lowest BCUT2D eigenvalue weighted by molar-refractivity contribution is 0.218. The van der Waals surface area contributed by atoms with Crippen molar-refractivity contribution in [3.05, 3.63) is 50.1 Å². The highest BCUT2D eigenvalue weighted by Crippen LogP contribution is 2.38. The molecule has 0 aliphatic carbocycles. The van der Waals surface area contributed by atoms with Crippen molar-refractivity contribution in [2.24, 2.45) is 0 Å². The molecule has 1 aromatic carbocycles. The summed E-state index contributed by atoms with van der Waals surface area (Å²) in [7, 11) is 1.54. The van der Waals surface area contributed by atoms with Gasteiger partial charge in [0.25, 0.3) is 0 Å². The van der Waals surface area contributed by atoms with E-state index < -0.39 is 6.10 Å². The number of rotatable bonds is 3. The number of aliphatic hydroxyl groups is 1. The van der Waals surface area contributed by atoms with E-state index in [1.807, 2.05) is 0 Å². The highest BCUT2D eigenvalue weighted by Gasteiger charge is 2.20. The molecule has 0 saturated carbocycles. The summed E-state index contributed by atoms with van der Waals surface area (Å²) >= 11 is 13.3. The minimum Gasteiger partial charge on any atom is -0.496 e. The van der Waals surface area contributed by atoms with Gasteiger partial charge in [0.15, 0.2) is 0 Å². The van der Waals surface area contributed by atoms with E-state index in [1.54, 1.807) is 37.4 Å². The Labute approximate surface area is 113 Å². The number of benzene rings is 1. The first-order chi connectivity index (χ1) is 8.13. The third kappa shape index (κ3) is 2.58. The van der Waals surface area contributed by atoms with Gasteiger partial charge in [-0.1, -0.05) is 29.3 Å². The Kier molecular flexibility index (Phi) is 3.94. The Morgan fingerprint density at radius 1 is 1.24 bits per heavy atom. The Hall–Kier alpha value is -0.740. The van der Waals surface area contributed by atoms with Crippen molar-refractivity contribution in [3.63, 3.8) is 0 Å². The van der Waals surface area contributed by atoms with Gasteiger partial charge < -0.3 is 9.84 Å². The SMILES string of the molecule is COc1cccc(Cl)c1C(O)c1ccc(Cl)s1. The van der Waals surface area contributed by atoms with E-state index in [0.29, 0.717) is 20.7 Å². The van der Waals surface area contributed by atoms with Gasteiger partial charge in [0.05, 0.1) is 16.5 Å². The van der Waals surface area contributed by atoms with Crippen molar-refractivity contribution < 1.29 is 9.84 Å². The van der Waals surface area contributed by atoms with Crippen molar-refractivity contribution in [2.45, 2.75) is 6.10 Å². The molecular weight excluding hydrogens is 279 g/mol. The predicted octanol–water partition coefficient (Wildman–Crippen LogP) is 4.15. The number of aliphatic hydroxyl groups excluding tert-OH is 1. The van der Waals surface area contributed by atoms with Crippen LogP contribution in [0.4, 0.5) is 0 Å². The van der Waals surface area contributed by atoms with E-state index >= 15 is 0 Å². The summed E-state index contributed by atoms with van der Waals surface area (Å²) in [5.74, 6) is 0.564. The third-order valence-electron chi connectivity index (χ3n) is 2.37. The van der Waals surface area contributed by atoms with Crippen LogP contribution in [0, 0.1) is 0 Å². The molecule has 1 atom stereocenters. The molecule has 1 heterocycles. The number of halogens is 2. The second-order valence-corrected chi connectivity index (χ2v) is 5.55. The zero-order valence-corrected chi connectivity index (χ0v) is 11.3. The molecule has 2 aromatic rings. The third-order valence-corrected chi connectivity index (χ3v) is 3.98. The normalized spacial score (nSPS) is 12.5. The molecule has 0 amide bonds. The number of thiophene rings is 1. The zero-order valence-electron chi connectivity index (χ0n) is 8.98. The highest BCUT2D eigenvalue weighted by atomic mass is 35.5. The van der Waals surface area contributed by atoms with Gasteiger partial charge in [-0.25, -0.2) is 0 Å². The lowest BCUT2D eigenvalue weighted by Gasteiger charge is -2.15. The fraction of sp³-hybridized carbons (Fsp3) is 0.167. The maximum atomic E-state index is 10.3. The maximum absolute atomic E-state index is 10.3. The summed E-state index contributed by atoms with van der Waals surface area (Å²) in [5, 5.41) is 10.8. The van der Waals surface area contributed by atoms with E-state index in [9.17, 15) is 5.11 Å². The van der Waals surface area contributed by atoms with Gasteiger partial charge in [0.1, 0.15) is 11.9 Å². The molecule has 0 spiro atoms. The minimum absolute atomic E-state index is 0.473. The summed E-state index contributed by atoms with van der Waals surface area (Å²) in [6.07, 6.45) is -0.823. The molecule has 1 aromatic heterocycles. The van der Waals surface area contributed by atoms with E-state index in [0.717, 1.165) is 4.88 Å². The van der Waals surface area contributed by atoms with Gasteiger partial charge in [-0.2, -0.15) is 0 Å². The topological polar surface area (TPSA) is 29.5 Å². The fourth-order valence-corrected chi connectivity index (χ4v) is 2.90. The standard InChI is InChI=1S/C12H10Cl2O2S/c1-16-8-4-2-3-7(13)11(8)12(15)9-5-6-10(14)17-9/h2-6,12,15H,1H3. The molecule has 5 heteroatoms. The number of hydrogen-bond donors (Lipinski definition) is 1. The molecule has 1 unspecified atom stereocenters. The van der Waals surface area contributed by atoms with Gasteiger partial charge in [-0.3, -0.25) is 0 Å². The Bertz CT molecular complexity index is 525. The van der Waals surface area contributed by atoms with E-state index in [4.69, 9.17) is 27.9 Å². The first kappa shape index (κ1) is 12.7. The van der Waals surface area contributed by atoms with Gasteiger partial charge in [0, 0.05) is 10.4 Å². The molecule has 0 bridgehead atoms. The van der Waals surface area contributed by atoms with Gasteiger partial charge in [0.2, 0.25) is 0 Å². The Morgan fingerprint density at radius 3 is 2.59 bits per heavy atom. The minimum atomic E-state index is -0.823. The van der Waals surface area contributed by atoms with Gasteiger partial charge in [-0.05, 0) is 24.3 Å². The number of ether oxygens (including phenoxy) is 1. The highest BCUT2D eigenvalue weighted by molar-refractivity contribution is 7.16. The first-order valence-corrected chi connectivity index (χ1v) is 6.46. The summed E-state index contributed by atoms with van der Waals surface area (Å²) in [5.41, 5.74) is 0.565. The first-order valence-electron chi connectivity index (χ1n) is 4.89. The number of methoxy groups -OCH3 is 1. The van der Waals surface area contributed by atoms with Crippen LogP contribution in [0.2, 0.25) is 9.36 Å². The summed E-state index contributed by atoms with van der Waals surface area (Å²) in [6, 6.07) is 8.78. The summed E-state index contributed by atoms with van der Waals surface area (Å²) in [6.45, 7) is 0. The van der Waals surface area contributed by atoms with E-state index in [1.165, 1.54) is 11.3 Å². The molecular formula is C12H10Cl2O2S. The van der Waals surface area contributed by atoms with Crippen LogP contribution in [-0.2, 0) is 0 Å². The molecule has 0 fully saturated rings. The van der Waals surface area contributed by atoms with Gasteiger partial charge in [-0.15, -0.1) is 11.3 Å². The van der Waals surface area contributed by atoms with Crippen LogP contribution in [0.25, 0.3) is 0 Å². The van der Waals surface area contributed by atoms with E-state index in [2.05, 4.69) is 0 Å². The van der Waals surface area contributed by atoms with Crippen molar-refractivity contribution in [1.29, 1.82) is 0 Å². The van der Waals surface area contributed by atoms with E-state index in [-0.39, 0.29) is 0 Å². The average Bonchev–Trinajstić information content (AvgIpc) is 2.74. The molecule has 1 N–H and O–H groups in total.